The van der Waals surface area contributed by atoms with Crippen molar-refractivity contribution in [3.8, 4) is 0 Å². The van der Waals surface area contributed by atoms with Gasteiger partial charge < -0.3 is 9.47 Å². The average molecular weight is 183 g/mol. The Balaban J connectivity index is 0. The molecule has 0 aliphatic rings. The highest BCUT2D eigenvalue weighted by Gasteiger charge is 2.04. The quantitative estimate of drug-likeness (QED) is 0.598. The van der Waals surface area contributed by atoms with E-state index in [1.807, 2.05) is 0 Å². The van der Waals surface area contributed by atoms with Crippen molar-refractivity contribution < 1.29 is 19.1 Å². The average Bonchev–Trinajstić information content (AvgIpc) is 1.99. The second kappa shape index (κ2) is 7.34. The monoisotopic (exact) mass is 182 g/mol. The fourth-order valence-corrected chi connectivity index (χ4v) is 0.408. The molecule has 66 valence electrons. The summed E-state index contributed by atoms with van der Waals surface area (Å²) in [5, 5.41) is 0. The number of hydrogen-bond acceptors (Lipinski definition) is 4. The van der Waals surface area contributed by atoms with Gasteiger partial charge in [0.1, 0.15) is 0 Å². The van der Waals surface area contributed by atoms with Crippen molar-refractivity contribution in [2.45, 2.75) is 12.8 Å². The molecule has 0 bridgehead atoms. The van der Waals surface area contributed by atoms with Crippen LogP contribution < -0.4 is 0 Å². The molecule has 0 aromatic carbocycles. The first kappa shape index (κ1) is 12.9. The van der Waals surface area contributed by atoms with Crippen LogP contribution >= 0.6 is 12.4 Å². The lowest BCUT2D eigenvalue weighted by atomic mass is 10.3. The number of esters is 2. The summed E-state index contributed by atoms with van der Waals surface area (Å²) in [5.74, 6) is -0.796. The van der Waals surface area contributed by atoms with Gasteiger partial charge in [-0.25, -0.2) is 0 Å². The molecule has 0 spiro atoms. The van der Waals surface area contributed by atoms with Crippen LogP contribution in [0.3, 0.4) is 0 Å². The lowest BCUT2D eigenvalue weighted by Crippen LogP contribution is -2.06. The molecule has 0 N–H and O–H groups in total. The van der Waals surface area contributed by atoms with E-state index in [0.29, 0.717) is 0 Å². The van der Waals surface area contributed by atoms with Crippen LogP contribution in [0.1, 0.15) is 12.8 Å². The van der Waals surface area contributed by atoms with Crippen molar-refractivity contribution in [2.24, 2.45) is 0 Å². The predicted molar refractivity (Wildman–Crippen MR) is 40.5 cm³/mol. The summed E-state index contributed by atoms with van der Waals surface area (Å²) in [6.07, 6.45) is 0.173. The third-order valence-electron chi connectivity index (χ3n) is 0.989. The smallest absolute Gasteiger partial charge is 0.306 e. The van der Waals surface area contributed by atoms with E-state index in [9.17, 15) is 9.59 Å². The van der Waals surface area contributed by atoms with Crippen molar-refractivity contribution in [1.29, 1.82) is 0 Å². The van der Waals surface area contributed by atoms with E-state index in [0.717, 1.165) is 0 Å². The summed E-state index contributed by atoms with van der Waals surface area (Å²) in [6, 6.07) is 0. The fraction of sp³-hybridized carbons (Fsp3) is 0.667. The van der Waals surface area contributed by atoms with Crippen molar-refractivity contribution in [1.82, 2.24) is 0 Å². The zero-order valence-electron chi connectivity index (χ0n) is 6.46. The molecule has 0 heterocycles. The summed E-state index contributed by atoms with van der Waals surface area (Å²) in [4.78, 5) is 20.8. The number of hydrogen-bond donors (Lipinski definition) is 0. The molecule has 0 amide bonds. The van der Waals surface area contributed by atoms with Gasteiger partial charge >= 0.3 is 11.9 Å². The molecule has 0 atom stereocenters. The van der Waals surface area contributed by atoms with Crippen LogP contribution in [0.15, 0.2) is 0 Å². The molecular formula is C6H11ClO4. The minimum absolute atomic E-state index is 0. The Labute approximate surface area is 71.3 Å². The van der Waals surface area contributed by atoms with E-state index < -0.39 is 11.9 Å². The first-order chi connectivity index (χ1) is 4.70. The van der Waals surface area contributed by atoms with Gasteiger partial charge in [0.15, 0.2) is 0 Å². The molecule has 0 radical (unpaired) electrons. The maximum Gasteiger partial charge on any atom is 0.306 e. The highest BCUT2D eigenvalue weighted by Crippen LogP contribution is 1.92. The number of methoxy groups -OCH3 is 2. The van der Waals surface area contributed by atoms with Crippen LogP contribution in [0.5, 0.6) is 0 Å². The minimum Gasteiger partial charge on any atom is -0.469 e. The molecule has 4 nitrogen and oxygen atoms in total. The molecule has 0 unspecified atom stereocenters. The number of halogens is 1. The highest BCUT2D eigenvalue weighted by atomic mass is 35.5. The van der Waals surface area contributed by atoms with Gasteiger partial charge in [0.25, 0.3) is 0 Å². The lowest BCUT2D eigenvalue weighted by molar-refractivity contribution is -0.147. The molecule has 5 heteroatoms. The van der Waals surface area contributed by atoms with Gasteiger partial charge in [0.2, 0.25) is 0 Å². The fourth-order valence-electron chi connectivity index (χ4n) is 0.408. The van der Waals surface area contributed by atoms with Gasteiger partial charge in [-0.2, -0.15) is 0 Å². The summed E-state index contributed by atoms with van der Waals surface area (Å²) < 4.78 is 8.60. The Morgan fingerprint density at radius 2 is 1.27 bits per heavy atom. The van der Waals surface area contributed by atoms with Gasteiger partial charge in [0.05, 0.1) is 27.1 Å². The standard InChI is InChI=1S/C6H10O4.ClH/c1-9-5(7)3-4-6(8)10-2;/h3-4H2,1-2H3;1H. The summed E-state index contributed by atoms with van der Waals surface area (Å²) in [6.45, 7) is 0. The molecule has 0 saturated carbocycles. The molecular weight excluding hydrogens is 172 g/mol. The molecule has 0 aromatic rings. The van der Waals surface area contributed by atoms with E-state index >= 15 is 0 Å². The van der Waals surface area contributed by atoms with Gasteiger partial charge in [0, 0.05) is 0 Å². The third kappa shape index (κ3) is 7.12. The maximum atomic E-state index is 10.4. The minimum atomic E-state index is -0.398. The van der Waals surface area contributed by atoms with Crippen molar-refractivity contribution in [2.75, 3.05) is 14.2 Å². The zero-order valence-corrected chi connectivity index (χ0v) is 7.27. The van der Waals surface area contributed by atoms with Gasteiger partial charge in [-0.1, -0.05) is 0 Å². The van der Waals surface area contributed by atoms with Crippen LogP contribution in [-0.2, 0) is 19.1 Å². The molecule has 11 heavy (non-hydrogen) atoms. The normalized spacial score (nSPS) is 7.82. The SMILES string of the molecule is COC(=O)CCC(=O)OC.Cl. The third-order valence-corrected chi connectivity index (χ3v) is 0.989. The molecule has 0 fully saturated rings. The van der Waals surface area contributed by atoms with Crippen LogP contribution in [0, 0.1) is 0 Å². The summed E-state index contributed by atoms with van der Waals surface area (Å²) in [5.41, 5.74) is 0. The summed E-state index contributed by atoms with van der Waals surface area (Å²) >= 11 is 0. The van der Waals surface area contributed by atoms with E-state index in [2.05, 4.69) is 9.47 Å². The Morgan fingerprint density at radius 1 is 1.00 bits per heavy atom. The lowest BCUT2D eigenvalue weighted by Gasteiger charge is -1.96. The van der Waals surface area contributed by atoms with E-state index in [1.165, 1.54) is 14.2 Å². The molecule has 0 aliphatic carbocycles. The zero-order chi connectivity index (χ0) is 7.98. The number of carbonyl (C=O) groups excluding carboxylic acids is 2. The second-order valence-electron chi connectivity index (χ2n) is 1.65. The van der Waals surface area contributed by atoms with E-state index in [4.69, 9.17) is 0 Å². The Kier molecular flexibility index (Phi) is 8.58. The van der Waals surface area contributed by atoms with Crippen molar-refractivity contribution >= 4 is 24.3 Å². The first-order valence-electron chi connectivity index (χ1n) is 2.84. The van der Waals surface area contributed by atoms with Crippen LogP contribution in [0.25, 0.3) is 0 Å². The summed E-state index contributed by atoms with van der Waals surface area (Å²) in [7, 11) is 2.55. The number of carbonyl (C=O) groups is 2. The Bertz CT molecular complexity index is 119. The van der Waals surface area contributed by atoms with Crippen LogP contribution in [0.4, 0.5) is 0 Å². The number of ether oxygens (including phenoxy) is 2. The second-order valence-corrected chi connectivity index (χ2v) is 1.65. The van der Waals surface area contributed by atoms with Gasteiger partial charge in [-0.3, -0.25) is 9.59 Å². The van der Waals surface area contributed by atoms with Gasteiger partial charge in [-0.15, -0.1) is 12.4 Å². The molecule has 0 aromatic heterocycles. The molecule has 0 rings (SSSR count). The van der Waals surface area contributed by atoms with Crippen LogP contribution in [0.2, 0.25) is 0 Å². The number of rotatable bonds is 3. The molecule has 0 aliphatic heterocycles. The van der Waals surface area contributed by atoms with Crippen molar-refractivity contribution in [3.05, 3.63) is 0 Å². The largest absolute Gasteiger partial charge is 0.469 e. The Morgan fingerprint density at radius 3 is 1.45 bits per heavy atom. The molecule has 0 saturated heterocycles. The van der Waals surface area contributed by atoms with Gasteiger partial charge in [-0.05, 0) is 0 Å². The van der Waals surface area contributed by atoms with Crippen LogP contribution in [-0.4, -0.2) is 26.2 Å². The van der Waals surface area contributed by atoms with E-state index in [1.54, 1.807) is 0 Å². The maximum absolute atomic E-state index is 10.4. The Hall–Kier alpha value is -0.770. The highest BCUT2D eigenvalue weighted by molar-refractivity contribution is 5.85. The predicted octanol–water partition coefficient (Wildman–Crippen LogP) is 0.534. The van der Waals surface area contributed by atoms with E-state index in [-0.39, 0.29) is 25.2 Å². The first-order valence-corrected chi connectivity index (χ1v) is 2.84. The van der Waals surface area contributed by atoms with Crippen molar-refractivity contribution in [3.63, 3.8) is 0 Å². The topological polar surface area (TPSA) is 52.6 Å².